The minimum atomic E-state index is -0.845. The number of thiol groups is 1. The number of ketones is 1. The molecule has 2 aliphatic rings. The molecule has 2 unspecified atom stereocenters. The lowest BCUT2D eigenvalue weighted by Crippen LogP contribution is -2.42. The molecule has 1 N–H and O–H groups in total. The smallest absolute Gasteiger partial charge is 0.303 e. The summed E-state index contributed by atoms with van der Waals surface area (Å²) < 4.78 is 16.4. The Labute approximate surface area is 203 Å². The molecule has 2 heterocycles. The molecule has 0 radical (unpaired) electrons. The number of aryl methyl sites for hydroxylation is 1. The number of hydrogen-bond acceptors (Lipinski definition) is 6. The number of likely N-dealkylation sites (tertiary alicyclic amines) is 1. The average Bonchev–Trinajstić information content (AvgIpc) is 3.53. The maximum Gasteiger partial charge on any atom is 0.303 e. The quantitative estimate of drug-likeness (QED) is 0.515. The minimum absolute atomic E-state index is 0. The van der Waals surface area contributed by atoms with Gasteiger partial charge < -0.3 is 5.11 Å². The number of Topliss-reactive ketones (excluding diaryl/α,β-unsaturated/α-hetero) is 1. The van der Waals surface area contributed by atoms with Gasteiger partial charge in [0.2, 0.25) is 0 Å². The van der Waals surface area contributed by atoms with Gasteiger partial charge in [-0.2, -0.15) is 12.6 Å². The first-order valence-corrected chi connectivity index (χ1v) is 11.5. The van der Waals surface area contributed by atoms with E-state index in [1.807, 2.05) is 6.08 Å². The predicted octanol–water partition coefficient (Wildman–Crippen LogP) is 3.81. The van der Waals surface area contributed by atoms with Gasteiger partial charge in [0.25, 0.3) is 0 Å². The number of benzene rings is 1. The number of rotatable bonds is 9. The fourth-order valence-electron chi connectivity index (χ4n) is 4.19. The van der Waals surface area contributed by atoms with Crippen LogP contribution >= 0.6 is 25.0 Å². The molecule has 1 aliphatic carbocycles. The van der Waals surface area contributed by atoms with Crippen molar-refractivity contribution in [3.05, 3.63) is 53.1 Å². The van der Waals surface area contributed by atoms with E-state index >= 15 is 0 Å². The number of nitrogens with zero attached hydrogens (tertiary/aromatic N) is 4. The van der Waals surface area contributed by atoms with E-state index in [-0.39, 0.29) is 41.6 Å². The topological polar surface area (TPSA) is 88.3 Å². The van der Waals surface area contributed by atoms with Crippen LogP contribution in [-0.2, 0) is 16.1 Å². The number of aliphatic carboxylic acids is 1. The zero-order valence-electron chi connectivity index (χ0n) is 18.1. The number of hydrogen-bond donors (Lipinski definition) is 2. The van der Waals surface area contributed by atoms with Gasteiger partial charge in [0.15, 0.2) is 5.78 Å². The largest absolute Gasteiger partial charge is 0.481 e. The molecule has 1 aromatic heterocycles. The van der Waals surface area contributed by atoms with Crippen molar-refractivity contribution < 1.29 is 19.1 Å². The molecule has 1 aromatic carbocycles. The Balaban J connectivity index is 0.00000306. The third-order valence-corrected chi connectivity index (χ3v) is 6.65. The third kappa shape index (κ3) is 6.22. The molecular formula is C23H28ClFN4O3S. The van der Waals surface area contributed by atoms with Gasteiger partial charge in [-0.1, -0.05) is 23.4 Å². The van der Waals surface area contributed by atoms with Crippen LogP contribution in [0, 0.1) is 11.7 Å². The first-order chi connectivity index (χ1) is 15.4. The Bertz CT molecular complexity index is 1030. The Morgan fingerprint density at radius 1 is 1.27 bits per heavy atom. The Kier molecular flexibility index (Phi) is 8.67. The normalized spacial score (nSPS) is 20.9. The fourth-order valence-corrected chi connectivity index (χ4v) is 4.47. The highest BCUT2D eigenvalue weighted by molar-refractivity contribution is 7.81. The third-order valence-electron chi connectivity index (χ3n) is 6.06. The Morgan fingerprint density at radius 2 is 2.03 bits per heavy atom. The molecule has 0 bridgehead atoms. The standard InChI is InChI=1S/C23H27FN4O3S.ClH/c24-19-5-2-1-4-18(19)22(23(31)15-7-8-15)27-11-9-20(32)16(14-27)12-17-13-25-26-28(17)10-3-6-21(29)30;/h1-2,4-5,12-13,15,20,22,32H,3,6-11,14H2,(H,29,30);1H/b16-12+;. The van der Waals surface area contributed by atoms with E-state index in [9.17, 15) is 14.0 Å². The van der Waals surface area contributed by atoms with E-state index in [0.717, 1.165) is 30.5 Å². The molecule has 2 fully saturated rings. The van der Waals surface area contributed by atoms with Gasteiger partial charge in [0, 0.05) is 42.8 Å². The summed E-state index contributed by atoms with van der Waals surface area (Å²) in [6.07, 6.45) is 6.59. The summed E-state index contributed by atoms with van der Waals surface area (Å²) in [5, 5.41) is 16.9. The summed E-state index contributed by atoms with van der Waals surface area (Å²) in [7, 11) is 0. The van der Waals surface area contributed by atoms with E-state index in [4.69, 9.17) is 17.7 Å². The van der Waals surface area contributed by atoms with Crippen LogP contribution in [-0.4, -0.2) is 55.1 Å². The molecule has 178 valence electrons. The van der Waals surface area contributed by atoms with Gasteiger partial charge in [-0.3, -0.25) is 14.5 Å². The summed E-state index contributed by atoms with van der Waals surface area (Å²) in [5.41, 5.74) is 2.20. The number of carbonyl (C=O) groups is 2. The van der Waals surface area contributed by atoms with Gasteiger partial charge in [0.1, 0.15) is 5.82 Å². The zero-order chi connectivity index (χ0) is 22.7. The van der Waals surface area contributed by atoms with Gasteiger partial charge >= 0.3 is 5.97 Å². The van der Waals surface area contributed by atoms with E-state index < -0.39 is 12.0 Å². The molecule has 1 saturated carbocycles. The number of piperidine rings is 1. The fraction of sp³-hybridized carbons (Fsp3) is 0.478. The lowest BCUT2D eigenvalue weighted by Gasteiger charge is -2.37. The molecule has 1 saturated heterocycles. The van der Waals surface area contributed by atoms with Crippen LogP contribution < -0.4 is 0 Å². The summed E-state index contributed by atoms with van der Waals surface area (Å²) in [5.74, 6) is -1.10. The minimum Gasteiger partial charge on any atom is -0.481 e. The van der Waals surface area contributed by atoms with Gasteiger partial charge in [-0.25, -0.2) is 9.07 Å². The van der Waals surface area contributed by atoms with Crippen molar-refractivity contribution in [2.75, 3.05) is 13.1 Å². The van der Waals surface area contributed by atoms with E-state index in [2.05, 4.69) is 15.2 Å². The number of carbonyl (C=O) groups excluding carboxylic acids is 1. The molecule has 33 heavy (non-hydrogen) atoms. The molecule has 7 nitrogen and oxygen atoms in total. The van der Waals surface area contributed by atoms with Crippen molar-refractivity contribution in [1.82, 2.24) is 19.9 Å². The van der Waals surface area contributed by atoms with E-state index in [0.29, 0.717) is 31.6 Å². The zero-order valence-corrected chi connectivity index (χ0v) is 19.8. The Hall–Kier alpha value is -2.23. The second-order valence-electron chi connectivity index (χ2n) is 8.47. The number of aromatic nitrogens is 3. The maximum atomic E-state index is 14.7. The lowest BCUT2D eigenvalue weighted by atomic mass is 9.93. The van der Waals surface area contributed by atoms with Crippen molar-refractivity contribution in [1.29, 1.82) is 0 Å². The number of carboxylic acids is 1. The second-order valence-corrected chi connectivity index (χ2v) is 9.10. The van der Waals surface area contributed by atoms with Crippen molar-refractivity contribution in [2.24, 2.45) is 5.92 Å². The molecule has 2 atom stereocenters. The summed E-state index contributed by atoms with van der Waals surface area (Å²) in [6, 6.07) is 5.92. The van der Waals surface area contributed by atoms with Crippen molar-refractivity contribution in [3.63, 3.8) is 0 Å². The van der Waals surface area contributed by atoms with Crippen LogP contribution in [0.3, 0.4) is 0 Å². The summed E-state index contributed by atoms with van der Waals surface area (Å²) in [4.78, 5) is 26.0. The molecule has 1 aliphatic heterocycles. The highest BCUT2D eigenvalue weighted by Gasteiger charge is 2.40. The van der Waals surface area contributed by atoms with Crippen molar-refractivity contribution in [3.8, 4) is 0 Å². The van der Waals surface area contributed by atoms with Crippen molar-refractivity contribution in [2.45, 2.75) is 49.9 Å². The van der Waals surface area contributed by atoms with Crippen LogP contribution in [0.1, 0.15) is 49.4 Å². The van der Waals surface area contributed by atoms with Crippen LogP contribution in [0.15, 0.2) is 36.0 Å². The monoisotopic (exact) mass is 494 g/mol. The molecule has 0 spiro atoms. The lowest BCUT2D eigenvalue weighted by molar-refractivity contribution is -0.137. The van der Waals surface area contributed by atoms with Crippen LogP contribution in [0.25, 0.3) is 6.08 Å². The molecular weight excluding hydrogens is 467 g/mol. The van der Waals surface area contributed by atoms with E-state index in [1.54, 1.807) is 29.1 Å². The maximum absolute atomic E-state index is 14.7. The number of carboxylic acid groups (broad SMARTS) is 1. The van der Waals surface area contributed by atoms with Crippen LogP contribution in [0.5, 0.6) is 0 Å². The van der Waals surface area contributed by atoms with Gasteiger partial charge in [-0.05, 0) is 43.4 Å². The molecule has 10 heteroatoms. The second kappa shape index (κ2) is 11.3. The molecule has 2 aromatic rings. The van der Waals surface area contributed by atoms with Gasteiger partial charge in [-0.15, -0.1) is 17.5 Å². The Morgan fingerprint density at radius 3 is 2.73 bits per heavy atom. The predicted molar refractivity (Wildman–Crippen MR) is 128 cm³/mol. The highest BCUT2D eigenvalue weighted by Crippen LogP contribution is 2.39. The van der Waals surface area contributed by atoms with Crippen molar-refractivity contribution >= 4 is 42.9 Å². The first kappa shape index (κ1) is 25.4. The first-order valence-electron chi connectivity index (χ1n) is 10.9. The summed E-state index contributed by atoms with van der Waals surface area (Å²) >= 11 is 4.74. The SMILES string of the molecule is Cl.O=C(O)CCCn1nncc1/C=C1\CN(C(C(=O)C2CC2)c2ccccc2F)CCC1S. The average molecular weight is 495 g/mol. The number of halogens is 2. The van der Waals surface area contributed by atoms with Crippen LogP contribution in [0.2, 0.25) is 0 Å². The van der Waals surface area contributed by atoms with Gasteiger partial charge in [0.05, 0.1) is 17.9 Å². The summed E-state index contributed by atoms with van der Waals surface area (Å²) in [6.45, 7) is 1.59. The highest BCUT2D eigenvalue weighted by atomic mass is 35.5. The molecule has 4 rings (SSSR count). The van der Waals surface area contributed by atoms with Crippen LogP contribution in [0.4, 0.5) is 4.39 Å². The molecule has 0 amide bonds. The van der Waals surface area contributed by atoms with E-state index in [1.165, 1.54) is 6.07 Å².